The molecule has 1 aromatic carbocycles. The van der Waals surface area contributed by atoms with Gasteiger partial charge in [-0.2, -0.15) is 0 Å². The average molecular weight is 317 g/mol. The number of hydrogen-bond acceptors (Lipinski definition) is 3. The lowest BCUT2D eigenvalue weighted by Gasteiger charge is -2.24. The molecule has 0 aliphatic carbocycles. The van der Waals surface area contributed by atoms with Gasteiger partial charge in [0.2, 0.25) is 0 Å². The van der Waals surface area contributed by atoms with Crippen molar-refractivity contribution in [3.63, 3.8) is 0 Å². The van der Waals surface area contributed by atoms with Crippen molar-refractivity contribution < 1.29 is 4.74 Å². The Bertz CT molecular complexity index is 455. The van der Waals surface area contributed by atoms with Crippen molar-refractivity contribution in [1.29, 1.82) is 0 Å². The molecule has 2 saturated heterocycles. The maximum atomic E-state index is 6.29. The molecule has 0 radical (unpaired) electrons. The summed E-state index contributed by atoms with van der Waals surface area (Å²) in [6, 6.07) is 7.29. The lowest BCUT2D eigenvalue weighted by Crippen LogP contribution is -2.35. The lowest BCUT2D eigenvalue weighted by molar-refractivity contribution is 0.250. The summed E-state index contributed by atoms with van der Waals surface area (Å²) < 4.78 is 5.28. The minimum absolute atomic E-state index is 0. The van der Waals surface area contributed by atoms with E-state index in [4.69, 9.17) is 16.3 Å². The predicted molar refractivity (Wildman–Crippen MR) is 85.1 cm³/mol. The number of rotatable bonds is 3. The highest BCUT2D eigenvalue weighted by atomic mass is 35.5. The van der Waals surface area contributed by atoms with E-state index in [-0.39, 0.29) is 12.4 Å². The van der Waals surface area contributed by atoms with Gasteiger partial charge in [0, 0.05) is 36.7 Å². The fourth-order valence-corrected chi connectivity index (χ4v) is 3.38. The van der Waals surface area contributed by atoms with Gasteiger partial charge in [-0.15, -0.1) is 12.4 Å². The average Bonchev–Trinajstić information content (AvgIpc) is 2.75. The first-order valence-electron chi connectivity index (χ1n) is 7.05. The van der Waals surface area contributed by atoms with Crippen molar-refractivity contribution in [2.75, 3.05) is 20.2 Å². The molecule has 1 N–H and O–H groups in total. The molecule has 3 nitrogen and oxygen atoms in total. The molecule has 2 bridgehead atoms. The molecule has 112 valence electrons. The quantitative estimate of drug-likeness (QED) is 0.927. The van der Waals surface area contributed by atoms with Crippen molar-refractivity contribution in [1.82, 2.24) is 10.2 Å². The Hall–Kier alpha value is -0.480. The van der Waals surface area contributed by atoms with Crippen LogP contribution in [0.15, 0.2) is 18.2 Å². The summed E-state index contributed by atoms with van der Waals surface area (Å²) in [4.78, 5) is 2.51. The molecule has 0 amide bonds. The summed E-state index contributed by atoms with van der Waals surface area (Å²) in [5, 5.41) is 4.54. The van der Waals surface area contributed by atoms with E-state index in [1.54, 1.807) is 7.11 Å². The molecular formula is C15H22Cl2N2O. The van der Waals surface area contributed by atoms with E-state index in [0.29, 0.717) is 6.04 Å². The Labute approximate surface area is 132 Å². The second kappa shape index (κ2) is 6.99. The van der Waals surface area contributed by atoms with E-state index in [9.17, 15) is 0 Å². The molecule has 20 heavy (non-hydrogen) atoms. The van der Waals surface area contributed by atoms with E-state index >= 15 is 0 Å². The van der Waals surface area contributed by atoms with Gasteiger partial charge in [-0.1, -0.05) is 11.6 Å². The number of methoxy groups -OCH3 is 1. The summed E-state index contributed by atoms with van der Waals surface area (Å²) in [5.41, 5.74) is 1.17. The minimum Gasteiger partial charge on any atom is -0.497 e. The van der Waals surface area contributed by atoms with Gasteiger partial charge in [-0.25, -0.2) is 0 Å². The molecule has 0 spiro atoms. The standard InChI is InChI=1S/C15H21ClN2O.ClH/c1-19-14-4-5-15(16)11(8-14)9-18-7-6-12-2-3-13(10-18)17-12;/h4-5,8,12-13,17H,2-3,6-7,9-10H2,1H3;1H. The first-order chi connectivity index (χ1) is 9.24. The summed E-state index contributed by atoms with van der Waals surface area (Å²) in [6.45, 7) is 3.20. The number of nitrogens with zero attached hydrogens (tertiary/aromatic N) is 1. The SMILES string of the molecule is COc1ccc(Cl)c(CN2CCC3CCC(C2)N3)c1.Cl. The molecule has 2 atom stereocenters. The van der Waals surface area contributed by atoms with Crippen LogP contribution in [0.25, 0.3) is 0 Å². The number of nitrogens with one attached hydrogen (secondary N) is 1. The van der Waals surface area contributed by atoms with Gasteiger partial charge < -0.3 is 10.1 Å². The minimum atomic E-state index is 0. The molecule has 2 aliphatic rings. The van der Waals surface area contributed by atoms with E-state index in [1.165, 1.54) is 24.8 Å². The highest BCUT2D eigenvalue weighted by Crippen LogP contribution is 2.26. The number of hydrogen-bond donors (Lipinski definition) is 1. The number of fused-ring (bicyclic) bond motifs is 2. The maximum absolute atomic E-state index is 6.29. The molecule has 2 fully saturated rings. The van der Waals surface area contributed by atoms with E-state index in [2.05, 4.69) is 16.3 Å². The van der Waals surface area contributed by atoms with Gasteiger partial charge in [0.05, 0.1) is 7.11 Å². The van der Waals surface area contributed by atoms with Crippen molar-refractivity contribution in [2.45, 2.75) is 37.9 Å². The van der Waals surface area contributed by atoms with Crippen LogP contribution in [0.2, 0.25) is 5.02 Å². The van der Waals surface area contributed by atoms with Crippen LogP contribution in [-0.2, 0) is 6.54 Å². The fourth-order valence-electron chi connectivity index (χ4n) is 3.20. The summed E-state index contributed by atoms with van der Waals surface area (Å²) in [5.74, 6) is 0.883. The van der Waals surface area contributed by atoms with Gasteiger partial charge >= 0.3 is 0 Å². The zero-order chi connectivity index (χ0) is 13.2. The molecule has 0 saturated carbocycles. The van der Waals surface area contributed by atoms with E-state index in [1.807, 2.05) is 12.1 Å². The molecule has 2 aliphatic heterocycles. The molecule has 3 rings (SSSR count). The van der Waals surface area contributed by atoms with Gasteiger partial charge in [-0.05, 0) is 43.0 Å². The highest BCUT2D eigenvalue weighted by molar-refractivity contribution is 6.31. The molecule has 1 aromatic rings. The highest BCUT2D eigenvalue weighted by Gasteiger charge is 2.29. The first kappa shape index (κ1) is 15.9. The Morgan fingerprint density at radius 2 is 2.10 bits per heavy atom. The third-order valence-corrected chi connectivity index (χ3v) is 4.62. The Morgan fingerprint density at radius 3 is 2.90 bits per heavy atom. The van der Waals surface area contributed by atoms with Crippen molar-refractivity contribution >= 4 is 24.0 Å². The van der Waals surface area contributed by atoms with E-state index in [0.717, 1.165) is 36.4 Å². The first-order valence-corrected chi connectivity index (χ1v) is 7.43. The number of benzene rings is 1. The van der Waals surface area contributed by atoms with Crippen molar-refractivity contribution in [2.24, 2.45) is 0 Å². The van der Waals surface area contributed by atoms with Crippen LogP contribution in [0.3, 0.4) is 0 Å². The van der Waals surface area contributed by atoms with Crippen LogP contribution in [0.5, 0.6) is 5.75 Å². The summed E-state index contributed by atoms with van der Waals surface area (Å²) in [6.07, 6.45) is 3.91. The van der Waals surface area contributed by atoms with Crippen LogP contribution in [-0.4, -0.2) is 37.2 Å². The monoisotopic (exact) mass is 316 g/mol. The lowest BCUT2D eigenvalue weighted by atomic mass is 10.1. The largest absolute Gasteiger partial charge is 0.497 e. The number of likely N-dealkylation sites (tertiary alicyclic amines) is 1. The smallest absolute Gasteiger partial charge is 0.119 e. The molecule has 0 aromatic heterocycles. The Morgan fingerprint density at radius 1 is 1.30 bits per heavy atom. The third-order valence-electron chi connectivity index (χ3n) is 4.25. The van der Waals surface area contributed by atoms with Gasteiger partial charge in [0.15, 0.2) is 0 Å². The second-order valence-electron chi connectivity index (χ2n) is 5.62. The van der Waals surface area contributed by atoms with Crippen LogP contribution >= 0.6 is 24.0 Å². The van der Waals surface area contributed by atoms with Gasteiger partial charge in [-0.3, -0.25) is 4.90 Å². The van der Waals surface area contributed by atoms with Gasteiger partial charge in [0.25, 0.3) is 0 Å². The molecule has 2 unspecified atom stereocenters. The zero-order valence-electron chi connectivity index (χ0n) is 11.8. The normalized spacial score (nSPS) is 25.9. The maximum Gasteiger partial charge on any atom is 0.119 e. The molecular weight excluding hydrogens is 295 g/mol. The van der Waals surface area contributed by atoms with Crippen molar-refractivity contribution in [3.05, 3.63) is 28.8 Å². The van der Waals surface area contributed by atoms with Crippen LogP contribution in [0.1, 0.15) is 24.8 Å². The molecule has 5 heteroatoms. The second-order valence-corrected chi connectivity index (χ2v) is 6.03. The zero-order valence-corrected chi connectivity index (χ0v) is 13.3. The molecule has 2 heterocycles. The number of halogens is 2. The Kier molecular flexibility index (Phi) is 5.56. The van der Waals surface area contributed by atoms with E-state index < -0.39 is 0 Å². The van der Waals surface area contributed by atoms with Crippen molar-refractivity contribution in [3.8, 4) is 5.75 Å². The predicted octanol–water partition coefficient (Wildman–Crippen LogP) is 3.10. The van der Waals surface area contributed by atoms with Gasteiger partial charge in [0.1, 0.15) is 5.75 Å². The third kappa shape index (κ3) is 3.59. The van der Waals surface area contributed by atoms with Crippen LogP contribution < -0.4 is 10.1 Å². The topological polar surface area (TPSA) is 24.5 Å². The number of ether oxygens (including phenoxy) is 1. The Balaban J connectivity index is 0.00000147. The summed E-state index contributed by atoms with van der Waals surface area (Å²) >= 11 is 6.29. The fraction of sp³-hybridized carbons (Fsp3) is 0.600. The summed E-state index contributed by atoms with van der Waals surface area (Å²) in [7, 11) is 1.70. The van der Waals surface area contributed by atoms with Crippen LogP contribution in [0, 0.1) is 0 Å². The van der Waals surface area contributed by atoms with Crippen LogP contribution in [0.4, 0.5) is 0 Å².